The van der Waals surface area contributed by atoms with Crippen LogP contribution < -0.4 is 5.32 Å². The number of carboxylic acid groups (broad SMARTS) is 1. The van der Waals surface area contributed by atoms with Crippen molar-refractivity contribution >= 4 is 34.6 Å². The number of aromatic carboxylic acids is 1. The molecule has 0 aliphatic carbocycles. The number of carbonyl (C=O) groups excluding carboxylic acids is 2. The van der Waals surface area contributed by atoms with Gasteiger partial charge in [0.1, 0.15) is 5.82 Å². The molecule has 0 heterocycles. The molecule has 0 saturated heterocycles. The van der Waals surface area contributed by atoms with E-state index in [0.717, 1.165) is 0 Å². The first kappa shape index (κ1) is 17.3. The van der Waals surface area contributed by atoms with Crippen LogP contribution in [0.1, 0.15) is 36.6 Å². The van der Waals surface area contributed by atoms with Gasteiger partial charge in [-0.15, -0.1) is 0 Å². The number of hydrogen-bond donors (Lipinski definition) is 2. The summed E-state index contributed by atoms with van der Waals surface area (Å²) in [5.74, 6) is -2.09. The van der Waals surface area contributed by atoms with Crippen LogP contribution in [0.25, 0.3) is 10.8 Å². The molecule has 3 aromatic carbocycles. The third-order valence-corrected chi connectivity index (χ3v) is 4.11. The third-order valence-electron chi connectivity index (χ3n) is 4.11. The number of amides is 1. The molecule has 0 bridgehead atoms. The summed E-state index contributed by atoms with van der Waals surface area (Å²) in [4.78, 5) is 35.6. The number of rotatable bonds is 4. The zero-order valence-electron chi connectivity index (χ0n) is 13.7. The van der Waals surface area contributed by atoms with Crippen molar-refractivity contribution in [3.05, 3.63) is 76.6 Å². The molecule has 0 fully saturated rings. The Morgan fingerprint density at radius 1 is 0.962 bits per heavy atom. The minimum Gasteiger partial charge on any atom is -0.478 e. The van der Waals surface area contributed by atoms with E-state index in [1.807, 2.05) is 0 Å². The summed E-state index contributed by atoms with van der Waals surface area (Å²) in [6.07, 6.45) is 0.565. The zero-order chi connectivity index (χ0) is 18.8. The number of halogens is 1. The minimum absolute atomic E-state index is 0.0517. The van der Waals surface area contributed by atoms with Crippen molar-refractivity contribution in [2.45, 2.75) is 6.92 Å². The summed E-state index contributed by atoms with van der Waals surface area (Å²) in [6, 6.07) is 11.2. The van der Waals surface area contributed by atoms with E-state index >= 15 is 0 Å². The second kappa shape index (κ2) is 6.76. The standard InChI is InChI=1S/C20H14FNO4/c1-11-2-3-12(10-23)18-16(20(25)26)9-8-15(17(11)18)19(24)22-14-6-4-13(21)5-7-14/h2-10H,1H3,(H,22,24)(H,25,26). The lowest BCUT2D eigenvalue weighted by atomic mass is 9.92. The van der Waals surface area contributed by atoms with Crippen molar-refractivity contribution in [2.75, 3.05) is 5.32 Å². The number of carboxylic acids is 1. The summed E-state index contributed by atoms with van der Waals surface area (Å²) < 4.78 is 13.0. The summed E-state index contributed by atoms with van der Waals surface area (Å²) in [5, 5.41) is 12.7. The molecule has 26 heavy (non-hydrogen) atoms. The van der Waals surface area contributed by atoms with Gasteiger partial charge in [0.2, 0.25) is 0 Å². The third kappa shape index (κ3) is 3.04. The predicted octanol–water partition coefficient (Wildman–Crippen LogP) is 4.05. The fourth-order valence-corrected chi connectivity index (χ4v) is 2.89. The van der Waals surface area contributed by atoms with Crippen LogP contribution in [0.5, 0.6) is 0 Å². The van der Waals surface area contributed by atoms with Crippen LogP contribution in [0.15, 0.2) is 48.5 Å². The highest BCUT2D eigenvalue weighted by Gasteiger charge is 2.19. The van der Waals surface area contributed by atoms with E-state index in [1.54, 1.807) is 13.0 Å². The Kier molecular flexibility index (Phi) is 4.49. The fraction of sp³-hybridized carbons (Fsp3) is 0.0500. The lowest BCUT2D eigenvalue weighted by Gasteiger charge is -2.13. The number of aryl methyl sites for hydroxylation is 1. The highest BCUT2D eigenvalue weighted by atomic mass is 19.1. The maximum absolute atomic E-state index is 13.0. The molecule has 3 aromatic rings. The highest BCUT2D eigenvalue weighted by molar-refractivity contribution is 6.19. The van der Waals surface area contributed by atoms with Crippen molar-refractivity contribution < 1.29 is 23.9 Å². The smallest absolute Gasteiger partial charge is 0.336 e. The molecule has 0 radical (unpaired) electrons. The van der Waals surface area contributed by atoms with Crippen LogP contribution in [0.3, 0.4) is 0 Å². The van der Waals surface area contributed by atoms with Crippen molar-refractivity contribution in [3.63, 3.8) is 0 Å². The lowest BCUT2D eigenvalue weighted by molar-refractivity contribution is 0.0698. The number of benzene rings is 3. The van der Waals surface area contributed by atoms with E-state index in [4.69, 9.17) is 0 Å². The maximum Gasteiger partial charge on any atom is 0.336 e. The quantitative estimate of drug-likeness (QED) is 0.695. The Morgan fingerprint density at radius 3 is 2.23 bits per heavy atom. The Labute approximate surface area is 148 Å². The van der Waals surface area contributed by atoms with Crippen LogP contribution >= 0.6 is 0 Å². The van der Waals surface area contributed by atoms with Gasteiger partial charge in [-0.25, -0.2) is 9.18 Å². The molecule has 0 atom stereocenters. The number of nitrogens with one attached hydrogen (secondary N) is 1. The molecule has 5 nitrogen and oxygen atoms in total. The first-order chi connectivity index (χ1) is 12.4. The largest absolute Gasteiger partial charge is 0.478 e. The van der Waals surface area contributed by atoms with Crippen molar-refractivity contribution in [1.82, 2.24) is 0 Å². The number of aldehydes is 1. The summed E-state index contributed by atoms with van der Waals surface area (Å²) in [7, 11) is 0. The molecule has 0 unspecified atom stereocenters. The van der Waals surface area contributed by atoms with Gasteiger partial charge in [-0.05, 0) is 54.3 Å². The van der Waals surface area contributed by atoms with Gasteiger partial charge in [0.25, 0.3) is 5.91 Å². The number of hydrogen-bond acceptors (Lipinski definition) is 3. The Balaban J connectivity index is 2.19. The lowest BCUT2D eigenvalue weighted by Crippen LogP contribution is -2.14. The van der Waals surface area contributed by atoms with Crippen molar-refractivity contribution in [1.29, 1.82) is 0 Å². The normalized spacial score (nSPS) is 10.5. The molecule has 0 spiro atoms. The van der Waals surface area contributed by atoms with Crippen molar-refractivity contribution in [3.8, 4) is 0 Å². The van der Waals surface area contributed by atoms with Crippen molar-refractivity contribution in [2.24, 2.45) is 0 Å². The van der Waals surface area contributed by atoms with Gasteiger partial charge in [-0.3, -0.25) is 9.59 Å². The number of carbonyl (C=O) groups is 3. The molecule has 0 aromatic heterocycles. The average molecular weight is 351 g/mol. The van der Waals surface area contributed by atoms with Crippen LogP contribution in [0.4, 0.5) is 10.1 Å². The average Bonchev–Trinajstić information content (AvgIpc) is 2.63. The molecule has 2 N–H and O–H groups in total. The zero-order valence-corrected chi connectivity index (χ0v) is 13.7. The first-order valence-corrected chi connectivity index (χ1v) is 7.74. The Morgan fingerprint density at radius 2 is 1.62 bits per heavy atom. The van der Waals surface area contributed by atoms with Crippen LogP contribution in [-0.2, 0) is 0 Å². The molecule has 1 amide bonds. The number of fused-ring (bicyclic) bond motifs is 1. The van der Waals surface area contributed by atoms with E-state index < -0.39 is 17.7 Å². The van der Waals surface area contributed by atoms with Gasteiger partial charge < -0.3 is 10.4 Å². The molecule has 6 heteroatoms. The van der Waals surface area contributed by atoms with E-state index in [-0.39, 0.29) is 22.1 Å². The topological polar surface area (TPSA) is 83.5 Å². The van der Waals surface area contributed by atoms with Gasteiger partial charge in [0, 0.05) is 22.2 Å². The second-order valence-electron chi connectivity index (χ2n) is 5.77. The van der Waals surface area contributed by atoms with Crippen LogP contribution in [0.2, 0.25) is 0 Å². The van der Waals surface area contributed by atoms with Gasteiger partial charge in [0.15, 0.2) is 6.29 Å². The molecule has 0 aliphatic rings. The van der Waals surface area contributed by atoms with E-state index in [9.17, 15) is 23.9 Å². The Hall–Kier alpha value is -3.54. The molecular weight excluding hydrogens is 337 g/mol. The molecule has 3 rings (SSSR count). The summed E-state index contributed by atoms with van der Waals surface area (Å²) in [6.45, 7) is 1.73. The van der Waals surface area contributed by atoms with Crippen LogP contribution in [0, 0.1) is 12.7 Å². The fourth-order valence-electron chi connectivity index (χ4n) is 2.89. The van der Waals surface area contributed by atoms with Gasteiger partial charge in [-0.2, -0.15) is 0 Å². The molecule has 130 valence electrons. The van der Waals surface area contributed by atoms with Gasteiger partial charge in [0.05, 0.1) is 5.56 Å². The second-order valence-corrected chi connectivity index (χ2v) is 5.77. The Bertz CT molecular complexity index is 1040. The summed E-state index contributed by atoms with van der Waals surface area (Å²) >= 11 is 0. The molecular formula is C20H14FNO4. The van der Waals surface area contributed by atoms with Gasteiger partial charge in [-0.1, -0.05) is 12.1 Å². The van der Waals surface area contributed by atoms with E-state index in [0.29, 0.717) is 22.9 Å². The maximum atomic E-state index is 13.0. The number of anilines is 1. The highest BCUT2D eigenvalue weighted by Crippen LogP contribution is 2.29. The van der Waals surface area contributed by atoms with E-state index in [2.05, 4.69) is 5.32 Å². The van der Waals surface area contributed by atoms with Crippen LogP contribution in [-0.4, -0.2) is 23.3 Å². The van der Waals surface area contributed by atoms with Gasteiger partial charge >= 0.3 is 5.97 Å². The minimum atomic E-state index is -1.19. The predicted molar refractivity (Wildman–Crippen MR) is 95.4 cm³/mol. The molecule has 0 aliphatic heterocycles. The molecule has 0 saturated carbocycles. The SMILES string of the molecule is Cc1ccc(C=O)c2c(C(=O)O)ccc(C(=O)Nc3ccc(F)cc3)c12. The summed E-state index contributed by atoms with van der Waals surface area (Å²) in [5.41, 5.74) is 1.44. The van der Waals surface area contributed by atoms with E-state index in [1.165, 1.54) is 42.5 Å². The monoisotopic (exact) mass is 351 g/mol. The first-order valence-electron chi connectivity index (χ1n) is 7.74.